The summed E-state index contributed by atoms with van der Waals surface area (Å²) in [6.45, 7) is 4.87. The van der Waals surface area contributed by atoms with Crippen molar-refractivity contribution >= 4 is 34.9 Å². The third kappa shape index (κ3) is 3.90. The molecule has 1 atom stereocenters. The summed E-state index contributed by atoms with van der Waals surface area (Å²) in [5.41, 5.74) is 0.290. The molecule has 0 aliphatic carbocycles. The lowest BCUT2D eigenvalue weighted by atomic mass is 9.89. The van der Waals surface area contributed by atoms with E-state index in [0.29, 0.717) is 25.2 Å². The lowest BCUT2D eigenvalue weighted by Gasteiger charge is -2.30. The van der Waals surface area contributed by atoms with Gasteiger partial charge in [-0.1, -0.05) is 34.4 Å². The van der Waals surface area contributed by atoms with Gasteiger partial charge in [0.25, 0.3) is 11.5 Å². The number of alkyl halides is 3. The van der Waals surface area contributed by atoms with Crippen LogP contribution in [0.25, 0.3) is 0 Å². The van der Waals surface area contributed by atoms with Gasteiger partial charge in [-0.15, -0.1) is 0 Å². The SMILES string of the molecule is CCNC(=O)c1cc2c(cc1C)CN(C1=NOC(c3cc(Cl)cc(Cl)c3)(C(F)(F)F)C1)C2. The van der Waals surface area contributed by atoms with E-state index in [1.165, 1.54) is 18.2 Å². The topological polar surface area (TPSA) is 53.9 Å². The maximum absolute atomic E-state index is 14.2. The van der Waals surface area contributed by atoms with Crippen molar-refractivity contribution in [1.29, 1.82) is 0 Å². The number of halogens is 5. The molecule has 0 bridgehead atoms. The Morgan fingerprint density at radius 2 is 1.78 bits per heavy atom. The van der Waals surface area contributed by atoms with Crippen molar-refractivity contribution in [2.75, 3.05) is 6.54 Å². The molecule has 0 radical (unpaired) electrons. The first kappa shape index (κ1) is 22.7. The van der Waals surface area contributed by atoms with Crippen molar-refractivity contribution in [2.45, 2.75) is 45.1 Å². The van der Waals surface area contributed by atoms with E-state index in [2.05, 4.69) is 10.5 Å². The normalized spacial score (nSPS) is 20.1. The number of amidine groups is 1. The molecule has 10 heteroatoms. The average molecular weight is 486 g/mol. The summed E-state index contributed by atoms with van der Waals surface area (Å²) in [5, 5.41) is 6.75. The number of oxime groups is 1. The van der Waals surface area contributed by atoms with E-state index >= 15 is 0 Å². The van der Waals surface area contributed by atoms with Crippen LogP contribution in [0, 0.1) is 6.92 Å². The van der Waals surface area contributed by atoms with Crippen molar-refractivity contribution in [2.24, 2.45) is 5.16 Å². The molecule has 0 saturated heterocycles. The highest BCUT2D eigenvalue weighted by molar-refractivity contribution is 6.34. The maximum atomic E-state index is 14.2. The second-order valence-corrected chi connectivity index (χ2v) is 8.78. The predicted molar refractivity (Wildman–Crippen MR) is 116 cm³/mol. The Balaban J connectivity index is 1.61. The maximum Gasteiger partial charge on any atom is 0.435 e. The van der Waals surface area contributed by atoms with Crippen LogP contribution < -0.4 is 5.32 Å². The first-order valence-electron chi connectivity index (χ1n) is 9.98. The molecule has 0 saturated carbocycles. The van der Waals surface area contributed by atoms with Crippen LogP contribution in [-0.4, -0.2) is 29.4 Å². The van der Waals surface area contributed by atoms with Crippen molar-refractivity contribution in [3.8, 4) is 0 Å². The van der Waals surface area contributed by atoms with Crippen LogP contribution in [0.3, 0.4) is 0 Å². The fourth-order valence-corrected chi connectivity index (χ4v) is 4.63. The van der Waals surface area contributed by atoms with Crippen LogP contribution >= 0.6 is 23.2 Å². The molecule has 0 aromatic heterocycles. The molecular weight excluding hydrogens is 466 g/mol. The van der Waals surface area contributed by atoms with Gasteiger partial charge in [0, 0.05) is 40.8 Å². The number of nitrogens with zero attached hydrogens (tertiary/aromatic N) is 2. The summed E-state index contributed by atoms with van der Waals surface area (Å²) >= 11 is 11.9. The van der Waals surface area contributed by atoms with Gasteiger partial charge in [0.05, 0.1) is 6.42 Å². The zero-order chi connectivity index (χ0) is 23.3. The van der Waals surface area contributed by atoms with Gasteiger partial charge in [-0.25, -0.2) is 0 Å². The van der Waals surface area contributed by atoms with E-state index in [0.717, 1.165) is 16.7 Å². The summed E-state index contributed by atoms with van der Waals surface area (Å²) in [7, 11) is 0. The standard InChI is InChI=1S/C22H20Cl2F3N3O2/c1-3-28-20(31)18-5-14-11-30(10-13(14)4-12(18)2)19-9-21(32-29-19,22(25,26)27)15-6-16(23)8-17(24)7-15/h4-8H,3,9-11H2,1-2H3,(H,28,31). The molecule has 0 spiro atoms. The number of aryl methyl sites for hydroxylation is 1. The number of carbonyl (C=O) groups excluding carboxylic acids is 1. The largest absolute Gasteiger partial charge is 0.435 e. The summed E-state index contributed by atoms with van der Waals surface area (Å²) in [6.07, 6.45) is -5.26. The Hall–Kier alpha value is -2.45. The first-order chi connectivity index (χ1) is 15.0. The number of carbonyl (C=O) groups is 1. The van der Waals surface area contributed by atoms with Gasteiger partial charge in [-0.2, -0.15) is 13.2 Å². The van der Waals surface area contributed by atoms with Crippen LogP contribution in [0.15, 0.2) is 35.5 Å². The Bertz CT molecular complexity index is 1100. The minimum absolute atomic E-state index is 0.0788. The molecule has 4 rings (SSSR count). The molecule has 2 aromatic carbocycles. The molecule has 1 unspecified atom stereocenters. The van der Waals surface area contributed by atoms with Crippen LogP contribution in [0.2, 0.25) is 10.0 Å². The molecule has 2 aliphatic heterocycles. The molecule has 32 heavy (non-hydrogen) atoms. The average Bonchev–Trinajstić information content (AvgIpc) is 3.31. The number of hydrogen-bond acceptors (Lipinski definition) is 4. The van der Waals surface area contributed by atoms with Crippen molar-refractivity contribution in [3.63, 3.8) is 0 Å². The molecular formula is C22H20Cl2F3N3O2. The minimum Gasteiger partial charge on any atom is -0.372 e. The lowest BCUT2D eigenvalue weighted by molar-refractivity contribution is -0.275. The quantitative estimate of drug-likeness (QED) is 0.619. The van der Waals surface area contributed by atoms with E-state index < -0.39 is 18.2 Å². The van der Waals surface area contributed by atoms with Crippen LogP contribution in [0.4, 0.5) is 13.2 Å². The molecule has 170 valence electrons. The number of hydrogen-bond donors (Lipinski definition) is 1. The second-order valence-electron chi connectivity index (χ2n) is 7.91. The van der Waals surface area contributed by atoms with Crippen molar-refractivity contribution in [3.05, 3.63) is 68.2 Å². The van der Waals surface area contributed by atoms with Crippen molar-refractivity contribution < 1.29 is 22.8 Å². The van der Waals surface area contributed by atoms with Gasteiger partial charge >= 0.3 is 6.18 Å². The molecule has 2 aromatic rings. The number of rotatable bonds is 3. The van der Waals surface area contributed by atoms with E-state index in [4.69, 9.17) is 28.0 Å². The van der Waals surface area contributed by atoms with Crippen LogP contribution in [0.5, 0.6) is 0 Å². The molecule has 1 amide bonds. The van der Waals surface area contributed by atoms with Gasteiger partial charge < -0.3 is 15.1 Å². The molecule has 0 fully saturated rings. The van der Waals surface area contributed by atoms with E-state index in [-0.39, 0.29) is 27.4 Å². The molecule has 1 N–H and O–H groups in total. The highest BCUT2D eigenvalue weighted by Crippen LogP contribution is 2.49. The molecule has 2 heterocycles. The fourth-order valence-electron chi connectivity index (χ4n) is 4.10. The fraction of sp³-hybridized carbons (Fsp3) is 0.364. The van der Waals surface area contributed by atoms with Gasteiger partial charge in [0.2, 0.25) is 0 Å². The number of benzene rings is 2. The zero-order valence-electron chi connectivity index (χ0n) is 17.3. The summed E-state index contributed by atoms with van der Waals surface area (Å²) in [5.74, 6) is -0.00597. The van der Waals surface area contributed by atoms with Gasteiger partial charge in [-0.3, -0.25) is 4.79 Å². The number of fused-ring (bicyclic) bond motifs is 1. The first-order valence-corrected chi connectivity index (χ1v) is 10.7. The van der Waals surface area contributed by atoms with E-state index in [1.54, 1.807) is 11.0 Å². The zero-order valence-corrected chi connectivity index (χ0v) is 18.8. The van der Waals surface area contributed by atoms with E-state index in [9.17, 15) is 18.0 Å². The Morgan fingerprint density at radius 3 is 2.38 bits per heavy atom. The molecule has 5 nitrogen and oxygen atoms in total. The van der Waals surface area contributed by atoms with Crippen LogP contribution in [0.1, 0.15) is 46.0 Å². The lowest BCUT2D eigenvalue weighted by Crippen LogP contribution is -2.43. The number of nitrogens with one attached hydrogen (secondary N) is 1. The molecule has 2 aliphatic rings. The van der Waals surface area contributed by atoms with Crippen molar-refractivity contribution in [1.82, 2.24) is 10.2 Å². The minimum atomic E-state index is -4.75. The van der Waals surface area contributed by atoms with Gasteiger partial charge in [-0.05, 0) is 54.8 Å². The summed E-state index contributed by atoms with van der Waals surface area (Å²) in [6, 6.07) is 7.43. The third-order valence-corrected chi connectivity index (χ3v) is 6.15. The Morgan fingerprint density at radius 1 is 1.16 bits per heavy atom. The monoisotopic (exact) mass is 485 g/mol. The van der Waals surface area contributed by atoms with Gasteiger partial charge in [0.1, 0.15) is 5.84 Å². The Labute approximate surface area is 193 Å². The highest BCUT2D eigenvalue weighted by atomic mass is 35.5. The Kier molecular flexibility index (Phi) is 5.79. The van der Waals surface area contributed by atoms with Crippen LogP contribution in [-0.2, 0) is 23.5 Å². The summed E-state index contributed by atoms with van der Waals surface area (Å²) in [4.78, 5) is 19.1. The number of amides is 1. The highest BCUT2D eigenvalue weighted by Gasteiger charge is 2.63. The predicted octanol–water partition coefficient (Wildman–Crippen LogP) is 5.56. The van der Waals surface area contributed by atoms with E-state index in [1.807, 2.05) is 19.9 Å². The van der Waals surface area contributed by atoms with Gasteiger partial charge in [0.15, 0.2) is 0 Å². The smallest absolute Gasteiger partial charge is 0.372 e. The third-order valence-electron chi connectivity index (χ3n) is 5.72. The second kappa shape index (κ2) is 8.15. The summed E-state index contributed by atoms with van der Waals surface area (Å²) < 4.78 is 42.6.